The van der Waals surface area contributed by atoms with Crippen LogP contribution in [0.5, 0.6) is 0 Å². The lowest BCUT2D eigenvalue weighted by Crippen LogP contribution is -2.49. The fraction of sp³-hybridized carbons (Fsp3) is 0.722. The van der Waals surface area contributed by atoms with Crippen LogP contribution in [0, 0.1) is 0 Å². The molecule has 0 bridgehead atoms. The molecule has 0 unspecified atom stereocenters. The van der Waals surface area contributed by atoms with E-state index in [0.29, 0.717) is 24.2 Å². The topological polar surface area (TPSA) is 96.2 Å². The Labute approximate surface area is 160 Å². The summed E-state index contributed by atoms with van der Waals surface area (Å²) in [4.78, 5) is 28.8. The Kier molecular flexibility index (Phi) is 7.68. The predicted molar refractivity (Wildman–Crippen MR) is 111 cm³/mol. The van der Waals surface area contributed by atoms with Crippen LogP contribution in [0.3, 0.4) is 0 Å². The summed E-state index contributed by atoms with van der Waals surface area (Å²) in [6, 6.07) is 0.335. The normalized spacial score (nSPS) is 15.0. The average Bonchev–Trinajstić information content (AvgIpc) is 2.62. The molecular formula is C18H31N5O2S. The van der Waals surface area contributed by atoms with E-state index in [0.717, 1.165) is 32.1 Å². The largest absolute Gasteiger partial charge is 0.383 e. The van der Waals surface area contributed by atoms with Crippen molar-refractivity contribution in [2.45, 2.75) is 77.8 Å². The van der Waals surface area contributed by atoms with Gasteiger partial charge in [-0.25, -0.2) is 4.79 Å². The van der Waals surface area contributed by atoms with Gasteiger partial charge in [-0.2, -0.15) is 0 Å². The van der Waals surface area contributed by atoms with Gasteiger partial charge in [0, 0.05) is 19.1 Å². The van der Waals surface area contributed by atoms with Crippen LogP contribution in [0.2, 0.25) is 0 Å². The van der Waals surface area contributed by atoms with Gasteiger partial charge in [0.25, 0.3) is 5.56 Å². The second-order valence-corrected chi connectivity index (χ2v) is 7.32. The lowest BCUT2D eigenvalue weighted by atomic mass is 9.96. The predicted octanol–water partition coefficient (Wildman–Crippen LogP) is 2.34. The van der Waals surface area contributed by atoms with E-state index in [1.807, 2.05) is 6.92 Å². The van der Waals surface area contributed by atoms with Gasteiger partial charge in [-0.1, -0.05) is 39.5 Å². The Hall–Kier alpha value is -1.83. The molecule has 0 aromatic carbocycles. The Balaban J connectivity index is 2.36. The Morgan fingerprint density at radius 2 is 1.96 bits per heavy atom. The minimum atomic E-state index is -0.483. The highest BCUT2D eigenvalue weighted by Gasteiger charge is 2.23. The second kappa shape index (κ2) is 9.75. The zero-order valence-electron chi connectivity index (χ0n) is 15.8. The van der Waals surface area contributed by atoms with Crippen molar-refractivity contribution in [3.8, 4) is 0 Å². The maximum Gasteiger partial charge on any atom is 0.330 e. The molecule has 26 heavy (non-hydrogen) atoms. The molecule has 2 rings (SSSR count). The van der Waals surface area contributed by atoms with Gasteiger partial charge in [0.1, 0.15) is 5.82 Å². The molecule has 1 heterocycles. The van der Waals surface area contributed by atoms with Crippen molar-refractivity contribution in [3.63, 3.8) is 0 Å². The van der Waals surface area contributed by atoms with Crippen LogP contribution >= 0.6 is 12.2 Å². The first kappa shape index (κ1) is 20.5. The number of aromatic amines is 1. The molecular weight excluding hydrogens is 350 g/mol. The van der Waals surface area contributed by atoms with Crippen molar-refractivity contribution in [2.75, 3.05) is 17.2 Å². The van der Waals surface area contributed by atoms with E-state index in [2.05, 4.69) is 17.2 Å². The molecule has 4 N–H and O–H groups in total. The van der Waals surface area contributed by atoms with Crippen LogP contribution in [0.25, 0.3) is 0 Å². The van der Waals surface area contributed by atoms with Crippen molar-refractivity contribution in [1.29, 1.82) is 0 Å². The van der Waals surface area contributed by atoms with Crippen molar-refractivity contribution in [3.05, 3.63) is 20.8 Å². The molecule has 0 aliphatic heterocycles. The Morgan fingerprint density at radius 3 is 2.58 bits per heavy atom. The summed E-state index contributed by atoms with van der Waals surface area (Å²) in [6.45, 7) is 5.09. The van der Waals surface area contributed by atoms with E-state index in [-0.39, 0.29) is 11.5 Å². The molecule has 0 saturated heterocycles. The SMILES string of the molecule is CCCCN(C(=S)NC1CCCCC1)c1c(N)n(CCC)c(=O)[nH]c1=O. The summed E-state index contributed by atoms with van der Waals surface area (Å²) in [7, 11) is 0. The molecule has 0 radical (unpaired) electrons. The number of hydrogen-bond acceptors (Lipinski definition) is 4. The number of anilines is 2. The summed E-state index contributed by atoms with van der Waals surface area (Å²) < 4.78 is 1.42. The number of hydrogen-bond donors (Lipinski definition) is 3. The van der Waals surface area contributed by atoms with Crippen LogP contribution in [0.15, 0.2) is 9.59 Å². The first-order valence-corrected chi connectivity index (χ1v) is 10.1. The number of nitrogen functional groups attached to an aromatic ring is 1. The van der Waals surface area contributed by atoms with Crippen LogP contribution in [0.4, 0.5) is 11.5 Å². The standard InChI is InChI=1S/C18H31N5O2S/c1-3-5-12-22(18(26)20-13-9-7-6-8-10-13)14-15(19)23(11-4-2)17(25)21-16(14)24/h13H,3-12,19H2,1-2H3,(H,20,26)(H,21,24,25). The number of nitrogens with zero attached hydrogens (tertiary/aromatic N) is 2. The zero-order chi connectivity index (χ0) is 19.1. The van der Waals surface area contributed by atoms with E-state index in [9.17, 15) is 9.59 Å². The molecule has 146 valence electrons. The van der Waals surface area contributed by atoms with Gasteiger partial charge >= 0.3 is 5.69 Å². The van der Waals surface area contributed by atoms with Crippen molar-refractivity contribution in [2.24, 2.45) is 0 Å². The van der Waals surface area contributed by atoms with E-state index in [4.69, 9.17) is 18.0 Å². The van der Waals surface area contributed by atoms with Gasteiger partial charge in [0.2, 0.25) is 0 Å². The first-order valence-electron chi connectivity index (χ1n) is 9.70. The van der Waals surface area contributed by atoms with Crippen LogP contribution < -0.4 is 27.2 Å². The number of H-pyrrole nitrogens is 1. The third kappa shape index (κ3) is 4.87. The summed E-state index contributed by atoms with van der Waals surface area (Å²) >= 11 is 5.63. The van der Waals surface area contributed by atoms with Crippen molar-refractivity contribution >= 4 is 28.8 Å². The van der Waals surface area contributed by atoms with Gasteiger partial charge < -0.3 is 16.0 Å². The molecule has 1 aliphatic rings. The van der Waals surface area contributed by atoms with Crippen molar-refractivity contribution in [1.82, 2.24) is 14.9 Å². The molecule has 0 spiro atoms. The molecule has 1 aromatic rings. The third-order valence-corrected chi connectivity index (χ3v) is 5.18. The second-order valence-electron chi connectivity index (χ2n) is 6.93. The maximum atomic E-state index is 12.5. The minimum absolute atomic E-state index is 0.185. The van der Waals surface area contributed by atoms with Gasteiger partial charge in [-0.05, 0) is 37.9 Å². The van der Waals surface area contributed by atoms with Gasteiger partial charge in [0.15, 0.2) is 10.8 Å². The fourth-order valence-corrected chi connectivity index (χ4v) is 3.76. The number of unbranched alkanes of at least 4 members (excludes halogenated alkanes) is 1. The zero-order valence-corrected chi connectivity index (χ0v) is 16.7. The van der Waals surface area contributed by atoms with E-state index >= 15 is 0 Å². The van der Waals surface area contributed by atoms with Crippen LogP contribution in [-0.4, -0.2) is 27.3 Å². The Bertz CT molecular complexity index is 721. The van der Waals surface area contributed by atoms with Gasteiger partial charge in [0.05, 0.1) is 0 Å². The number of nitrogens with one attached hydrogen (secondary N) is 2. The smallest absolute Gasteiger partial charge is 0.330 e. The lowest BCUT2D eigenvalue weighted by Gasteiger charge is -2.31. The van der Waals surface area contributed by atoms with E-state index in [1.165, 1.54) is 23.8 Å². The molecule has 8 heteroatoms. The van der Waals surface area contributed by atoms with E-state index in [1.54, 1.807) is 4.90 Å². The van der Waals surface area contributed by atoms with Gasteiger partial charge in [-0.15, -0.1) is 0 Å². The number of nitrogens with two attached hydrogens (primary N) is 1. The minimum Gasteiger partial charge on any atom is -0.383 e. The van der Waals surface area contributed by atoms with Gasteiger partial charge in [-0.3, -0.25) is 14.3 Å². The molecule has 1 fully saturated rings. The molecule has 0 atom stereocenters. The molecule has 1 aliphatic carbocycles. The highest BCUT2D eigenvalue weighted by atomic mass is 32.1. The average molecular weight is 382 g/mol. The summed E-state index contributed by atoms with van der Waals surface area (Å²) in [5.74, 6) is 0.185. The highest BCUT2D eigenvalue weighted by Crippen LogP contribution is 2.21. The quantitative estimate of drug-likeness (QED) is 0.628. The summed E-state index contributed by atoms with van der Waals surface area (Å²) in [5, 5.41) is 3.93. The number of rotatable bonds is 7. The number of aromatic nitrogens is 2. The lowest BCUT2D eigenvalue weighted by molar-refractivity contribution is 0.413. The van der Waals surface area contributed by atoms with E-state index < -0.39 is 11.2 Å². The monoisotopic (exact) mass is 381 g/mol. The van der Waals surface area contributed by atoms with Crippen LogP contribution in [-0.2, 0) is 6.54 Å². The molecule has 1 aromatic heterocycles. The summed E-state index contributed by atoms with van der Waals surface area (Å²) in [6.07, 6.45) is 8.41. The number of thiocarbonyl (C=S) groups is 1. The maximum absolute atomic E-state index is 12.5. The fourth-order valence-electron chi connectivity index (χ4n) is 3.41. The first-order chi connectivity index (χ1) is 12.5. The van der Waals surface area contributed by atoms with Crippen LogP contribution in [0.1, 0.15) is 65.2 Å². The van der Waals surface area contributed by atoms with Crippen molar-refractivity contribution < 1.29 is 0 Å². The third-order valence-electron chi connectivity index (χ3n) is 4.84. The highest BCUT2D eigenvalue weighted by molar-refractivity contribution is 7.80. The molecule has 0 amide bonds. The molecule has 7 nitrogen and oxygen atoms in total. The molecule has 1 saturated carbocycles. The summed E-state index contributed by atoms with van der Waals surface area (Å²) in [5.41, 5.74) is 5.55. The Morgan fingerprint density at radius 1 is 1.27 bits per heavy atom.